The number of halogens is 1. The van der Waals surface area contributed by atoms with E-state index < -0.39 is 22.0 Å². The van der Waals surface area contributed by atoms with Crippen molar-refractivity contribution in [2.75, 3.05) is 11.6 Å². The molecule has 12 heteroatoms. The van der Waals surface area contributed by atoms with Crippen molar-refractivity contribution >= 4 is 55.1 Å². The molecule has 3 heterocycles. The van der Waals surface area contributed by atoms with Gasteiger partial charge in [-0.25, -0.2) is 18.1 Å². The number of rotatable bonds is 6. The number of nitrogens with one attached hydrogen (secondary N) is 2. The molecule has 40 heavy (non-hydrogen) atoms. The summed E-state index contributed by atoms with van der Waals surface area (Å²) >= 11 is 6.01. The lowest BCUT2D eigenvalue weighted by Gasteiger charge is -2.20. The van der Waals surface area contributed by atoms with Crippen LogP contribution in [0.4, 0.5) is 5.69 Å². The zero-order valence-electron chi connectivity index (χ0n) is 22.4. The molecule has 0 radical (unpaired) electrons. The van der Waals surface area contributed by atoms with Gasteiger partial charge in [-0.2, -0.15) is 5.10 Å². The number of sulfonamides is 1. The third kappa shape index (κ3) is 5.17. The van der Waals surface area contributed by atoms with Gasteiger partial charge >= 0.3 is 0 Å². The number of carbonyl (C=O) groups excluding carboxylic acids is 1. The third-order valence-electron chi connectivity index (χ3n) is 6.59. The molecule has 10 nitrogen and oxygen atoms in total. The van der Waals surface area contributed by atoms with Crippen molar-refractivity contribution in [1.82, 2.24) is 19.5 Å². The minimum absolute atomic E-state index is 0.0227. The molecule has 0 aliphatic rings. The van der Waals surface area contributed by atoms with Crippen LogP contribution in [0.15, 0.2) is 57.9 Å². The number of hydrogen-bond acceptors (Lipinski definition) is 8. The van der Waals surface area contributed by atoms with Gasteiger partial charge in [0, 0.05) is 29.1 Å². The highest BCUT2D eigenvalue weighted by Crippen LogP contribution is 2.33. The molecule has 1 atom stereocenters. The molecule has 0 saturated carbocycles. The third-order valence-corrected chi connectivity index (χ3v) is 7.36. The number of amides is 1. The van der Waals surface area contributed by atoms with Crippen LogP contribution in [0, 0.1) is 13.8 Å². The van der Waals surface area contributed by atoms with E-state index in [-0.39, 0.29) is 22.0 Å². The summed E-state index contributed by atoms with van der Waals surface area (Å²) in [6.45, 7) is 5.45. The number of hydrogen-bond donors (Lipinski definition) is 2. The predicted molar refractivity (Wildman–Crippen MR) is 155 cm³/mol. The second-order valence-electron chi connectivity index (χ2n) is 9.76. The van der Waals surface area contributed by atoms with Crippen molar-refractivity contribution in [1.29, 1.82) is 0 Å². The first-order valence-corrected chi connectivity index (χ1v) is 14.5. The van der Waals surface area contributed by atoms with Crippen molar-refractivity contribution in [2.45, 2.75) is 26.8 Å². The van der Waals surface area contributed by atoms with Gasteiger partial charge in [0.2, 0.25) is 10.0 Å². The Morgan fingerprint density at radius 3 is 2.60 bits per heavy atom. The molecule has 0 aliphatic heterocycles. The average Bonchev–Trinajstić information content (AvgIpc) is 3.25. The van der Waals surface area contributed by atoms with Gasteiger partial charge in [-0.15, -0.1) is 0 Å². The fourth-order valence-electron chi connectivity index (χ4n) is 4.72. The molecule has 3 aromatic heterocycles. The molecule has 0 spiro atoms. The summed E-state index contributed by atoms with van der Waals surface area (Å²) in [5.74, 6) is -0.481. The minimum Gasteiger partial charge on any atom is -0.455 e. The smallest absolute Gasteiger partial charge is 0.285 e. The van der Waals surface area contributed by atoms with Gasteiger partial charge in [0.05, 0.1) is 35.1 Å². The fourth-order valence-corrected chi connectivity index (χ4v) is 5.30. The van der Waals surface area contributed by atoms with Crippen LogP contribution < -0.4 is 15.5 Å². The van der Waals surface area contributed by atoms with E-state index >= 15 is 0 Å². The topological polar surface area (TPSA) is 136 Å². The molecule has 206 valence electrons. The lowest BCUT2D eigenvalue weighted by atomic mass is 9.98. The number of aromatic nitrogens is 3. The Hall–Kier alpha value is -4.22. The Labute approximate surface area is 235 Å². The van der Waals surface area contributed by atoms with E-state index in [4.69, 9.17) is 16.0 Å². The standard InChI is InChI=1S/C28H26ClN5O5S/c1-14-10-19(16(3)31-21-7-9-23(29)32-24(21)28(36)33-40(5,37)38)27-20(11-14)25(35)15(2)26(39-27)17-6-8-22-18(12-17)13-30-34(22)4/h6-13,16,31H,1-5H3,(H,33,36)/t16-/m1/s1. The Balaban J connectivity index is 1.63. The summed E-state index contributed by atoms with van der Waals surface area (Å²) in [5.41, 5.74) is 3.99. The van der Waals surface area contributed by atoms with Crippen molar-refractivity contribution in [3.05, 3.63) is 86.4 Å². The zero-order chi connectivity index (χ0) is 28.9. The summed E-state index contributed by atoms with van der Waals surface area (Å²) in [6.07, 6.45) is 2.63. The summed E-state index contributed by atoms with van der Waals surface area (Å²) < 4.78 is 33.5. The number of aryl methyl sites for hydroxylation is 2. The van der Waals surface area contributed by atoms with Gasteiger partial charge in [-0.3, -0.25) is 14.3 Å². The minimum atomic E-state index is -3.83. The van der Waals surface area contributed by atoms with E-state index in [0.29, 0.717) is 27.9 Å². The number of benzene rings is 2. The van der Waals surface area contributed by atoms with Gasteiger partial charge in [0.15, 0.2) is 11.1 Å². The van der Waals surface area contributed by atoms with Gasteiger partial charge < -0.3 is 9.73 Å². The summed E-state index contributed by atoms with van der Waals surface area (Å²) in [5, 5.41) is 8.87. The van der Waals surface area contributed by atoms with Crippen LogP contribution in [0.2, 0.25) is 5.15 Å². The number of pyridine rings is 1. The summed E-state index contributed by atoms with van der Waals surface area (Å²) in [7, 11) is -1.97. The van der Waals surface area contributed by atoms with Crippen LogP contribution in [-0.4, -0.2) is 35.3 Å². The normalized spacial score (nSPS) is 12.6. The molecule has 5 rings (SSSR count). The maximum absolute atomic E-state index is 13.6. The summed E-state index contributed by atoms with van der Waals surface area (Å²) in [4.78, 5) is 30.3. The molecule has 2 aromatic carbocycles. The van der Waals surface area contributed by atoms with Crippen LogP contribution in [0.25, 0.3) is 33.2 Å². The first kappa shape index (κ1) is 27.4. The van der Waals surface area contributed by atoms with E-state index in [9.17, 15) is 18.0 Å². The second kappa shape index (κ2) is 10.1. The monoisotopic (exact) mass is 579 g/mol. The molecule has 0 unspecified atom stereocenters. The highest BCUT2D eigenvalue weighted by atomic mass is 35.5. The predicted octanol–water partition coefficient (Wildman–Crippen LogP) is 4.87. The molecule has 2 N–H and O–H groups in total. The molecule has 5 aromatic rings. The number of carbonyl (C=O) groups is 1. The van der Waals surface area contributed by atoms with E-state index in [1.807, 2.05) is 49.9 Å². The largest absolute Gasteiger partial charge is 0.455 e. The maximum atomic E-state index is 13.6. The maximum Gasteiger partial charge on any atom is 0.285 e. The average molecular weight is 580 g/mol. The quantitative estimate of drug-likeness (QED) is 0.272. The Bertz CT molecular complexity index is 2000. The number of nitrogens with zero attached hydrogens (tertiary/aromatic N) is 3. The Morgan fingerprint density at radius 1 is 1.12 bits per heavy atom. The van der Waals surface area contributed by atoms with Gasteiger partial charge in [-0.05, 0) is 62.7 Å². The first-order chi connectivity index (χ1) is 18.8. The van der Waals surface area contributed by atoms with Gasteiger partial charge in [0.1, 0.15) is 16.5 Å². The lowest BCUT2D eigenvalue weighted by Crippen LogP contribution is -2.31. The van der Waals surface area contributed by atoms with E-state index in [1.54, 1.807) is 23.9 Å². The van der Waals surface area contributed by atoms with Gasteiger partial charge in [0.25, 0.3) is 5.91 Å². The van der Waals surface area contributed by atoms with Crippen molar-refractivity contribution < 1.29 is 17.6 Å². The van der Waals surface area contributed by atoms with Crippen molar-refractivity contribution in [3.8, 4) is 11.3 Å². The highest BCUT2D eigenvalue weighted by Gasteiger charge is 2.22. The van der Waals surface area contributed by atoms with E-state index in [1.165, 1.54) is 12.1 Å². The van der Waals surface area contributed by atoms with Crippen LogP contribution in [0.3, 0.4) is 0 Å². The summed E-state index contributed by atoms with van der Waals surface area (Å²) in [6, 6.07) is 12.0. The molecule has 0 saturated heterocycles. The van der Waals surface area contributed by atoms with E-state index in [0.717, 1.165) is 28.3 Å². The highest BCUT2D eigenvalue weighted by molar-refractivity contribution is 7.89. The van der Waals surface area contributed by atoms with E-state index in [2.05, 4.69) is 15.4 Å². The SMILES string of the molecule is Cc1cc([C@@H](C)Nc2ccc(Cl)nc2C(=O)NS(C)(=O)=O)c2oc(-c3ccc4c(cnn4C)c3)c(C)c(=O)c2c1. The van der Waals surface area contributed by atoms with Crippen LogP contribution >= 0.6 is 11.6 Å². The van der Waals surface area contributed by atoms with Crippen molar-refractivity contribution in [3.63, 3.8) is 0 Å². The number of fused-ring (bicyclic) bond motifs is 2. The lowest BCUT2D eigenvalue weighted by molar-refractivity contribution is 0.0977. The zero-order valence-corrected chi connectivity index (χ0v) is 23.9. The number of anilines is 1. The second-order valence-corrected chi connectivity index (χ2v) is 11.9. The first-order valence-electron chi connectivity index (χ1n) is 12.3. The fraction of sp³-hybridized carbons (Fsp3) is 0.214. The molecule has 0 aliphatic carbocycles. The molecular formula is C28H26ClN5O5S. The molecule has 1 amide bonds. The molecule has 0 fully saturated rings. The Morgan fingerprint density at radius 2 is 1.88 bits per heavy atom. The van der Waals surface area contributed by atoms with Crippen LogP contribution in [0.1, 0.15) is 40.1 Å². The van der Waals surface area contributed by atoms with Gasteiger partial charge in [-0.1, -0.05) is 17.7 Å². The van der Waals surface area contributed by atoms with Crippen molar-refractivity contribution in [2.24, 2.45) is 7.05 Å². The van der Waals surface area contributed by atoms with Crippen LogP contribution in [0.5, 0.6) is 0 Å². The Kier molecular flexibility index (Phi) is 6.89. The molecule has 0 bridgehead atoms. The molecular weight excluding hydrogens is 554 g/mol. The van der Waals surface area contributed by atoms with Crippen LogP contribution in [-0.2, 0) is 17.1 Å².